The van der Waals surface area contributed by atoms with Crippen molar-refractivity contribution in [2.75, 3.05) is 25.0 Å². The average Bonchev–Trinajstić information content (AvgIpc) is 2.94. The third-order valence-corrected chi connectivity index (χ3v) is 6.06. The fraction of sp³-hybridized carbons (Fsp3) is 0.600. The van der Waals surface area contributed by atoms with Crippen LogP contribution < -0.4 is 5.32 Å². The molecule has 1 fully saturated rings. The molecular weight excluding hydrogens is 396 g/mol. The highest BCUT2D eigenvalue weighted by molar-refractivity contribution is 7.16. The Morgan fingerprint density at radius 1 is 1.21 bits per heavy atom. The summed E-state index contributed by atoms with van der Waals surface area (Å²) in [6.45, 7) is 9.46. The number of carbonyl (C=O) groups excluding carboxylic acids is 4. The highest BCUT2D eigenvalue weighted by Crippen LogP contribution is 2.33. The molecule has 8 nitrogen and oxygen atoms in total. The maximum atomic E-state index is 12.7. The third-order valence-electron chi connectivity index (χ3n) is 4.94. The van der Waals surface area contributed by atoms with E-state index in [1.54, 1.807) is 18.7 Å². The normalized spacial score (nSPS) is 15.6. The van der Waals surface area contributed by atoms with Crippen LogP contribution in [0.3, 0.4) is 0 Å². The highest BCUT2D eigenvalue weighted by Gasteiger charge is 2.32. The van der Waals surface area contributed by atoms with Crippen LogP contribution in [0.5, 0.6) is 0 Å². The molecule has 0 aromatic carbocycles. The van der Waals surface area contributed by atoms with Gasteiger partial charge in [0.25, 0.3) is 5.91 Å². The van der Waals surface area contributed by atoms with Crippen LogP contribution in [0.2, 0.25) is 0 Å². The molecule has 1 aliphatic heterocycles. The SMILES string of the molecule is CCOC(=O)C1CCN(C(=O)C(C)OC(=O)c2c(NC(C)=O)sc(C)c2C)CC1. The smallest absolute Gasteiger partial charge is 0.342 e. The largest absolute Gasteiger partial charge is 0.466 e. The lowest BCUT2D eigenvalue weighted by atomic mass is 9.97. The minimum Gasteiger partial charge on any atom is -0.466 e. The Hall–Kier alpha value is -2.42. The Bertz CT molecular complexity index is 795. The monoisotopic (exact) mass is 424 g/mol. The van der Waals surface area contributed by atoms with E-state index in [1.807, 2.05) is 6.92 Å². The highest BCUT2D eigenvalue weighted by atomic mass is 32.1. The van der Waals surface area contributed by atoms with E-state index in [0.717, 1.165) is 10.4 Å². The first-order chi connectivity index (χ1) is 13.6. The second-order valence-electron chi connectivity index (χ2n) is 7.07. The van der Waals surface area contributed by atoms with Crippen LogP contribution in [0.15, 0.2) is 0 Å². The van der Waals surface area contributed by atoms with Gasteiger partial charge in [0.1, 0.15) is 5.00 Å². The molecule has 0 spiro atoms. The molecule has 0 bridgehead atoms. The molecule has 1 aromatic heterocycles. The predicted molar refractivity (Wildman–Crippen MR) is 109 cm³/mol. The van der Waals surface area contributed by atoms with E-state index in [0.29, 0.717) is 37.5 Å². The summed E-state index contributed by atoms with van der Waals surface area (Å²) in [7, 11) is 0. The van der Waals surface area contributed by atoms with Crippen LogP contribution in [0.4, 0.5) is 5.00 Å². The number of anilines is 1. The summed E-state index contributed by atoms with van der Waals surface area (Å²) >= 11 is 1.30. The number of hydrogen-bond donors (Lipinski definition) is 1. The van der Waals surface area contributed by atoms with Crippen LogP contribution in [0.25, 0.3) is 0 Å². The average molecular weight is 425 g/mol. The molecule has 0 radical (unpaired) electrons. The van der Waals surface area contributed by atoms with Crippen molar-refractivity contribution < 1.29 is 28.7 Å². The van der Waals surface area contributed by atoms with Gasteiger partial charge in [0.05, 0.1) is 18.1 Å². The lowest BCUT2D eigenvalue weighted by Gasteiger charge is -2.32. The molecule has 0 aliphatic carbocycles. The van der Waals surface area contributed by atoms with E-state index in [4.69, 9.17) is 9.47 Å². The summed E-state index contributed by atoms with van der Waals surface area (Å²) in [6, 6.07) is 0. The van der Waals surface area contributed by atoms with Gasteiger partial charge in [-0.3, -0.25) is 14.4 Å². The maximum Gasteiger partial charge on any atom is 0.342 e. The van der Waals surface area contributed by atoms with E-state index in [1.165, 1.54) is 25.2 Å². The van der Waals surface area contributed by atoms with Gasteiger partial charge in [0.15, 0.2) is 6.10 Å². The predicted octanol–water partition coefficient (Wildman–Crippen LogP) is 2.67. The van der Waals surface area contributed by atoms with Gasteiger partial charge in [-0.15, -0.1) is 11.3 Å². The third kappa shape index (κ3) is 5.56. The zero-order chi connectivity index (χ0) is 21.7. The molecule has 9 heteroatoms. The van der Waals surface area contributed by atoms with Gasteiger partial charge in [0, 0.05) is 24.9 Å². The molecule has 1 saturated heterocycles. The maximum absolute atomic E-state index is 12.7. The van der Waals surface area contributed by atoms with Gasteiger partial charge in [-0.2, -0.15) is 0 Å². The number of thiophene rings is 1. The number of piperidine rings is 1. The molecule has 2 heterocycles. The van der Waals surface area contributed by atoms with Gasteiger partial charge in [-0.05, 0) is 46.1 Å². The summed E-state index contributed by atoms with van der Waals surface area (Å²) in [5.41, 5.74) is 1.00. The number of esters is 2. The van der Waals surface area contributed by atoms with Crippen LogP contribution in [0, 0.1) is 19.8 Å². The first-order valence-corrected chi connectivity index (χ1v) is 10.5. The number of aryl methyl sites for hydroxylation is 1. The number of nitrogens with zero attached hydrogens (tertiary/aromatic N) is 1. The number of amides is 2. The van der Waals surface area contributed by atoms with E-state index in [9.17, 15) is 19.2 Å². The second kappa shape index (κ2) is 9.87. The Labute approximate surface area is 174 Å². The van der Waals surface area contributed by atoms with Crippen molar-refractivity contribution in [2.45, 2.75) is 53.6 Å². The van der Waals surface area contributed by atoms with E-state index in [-0.39, 0.29) is 29.3 Å². The number of rotatable bonds is 6. The van der Waals surface area contributed by atoms with Gasteiger partial charge in [-0.25, -0.2) is 4.79 Å². The Morgan fingerprint density at radius 3 is 2.38 bits per heavy atom. The van der Waals surface area contributed by atoms with Crippen molar-refractivity contribution in [3.63, 3.8) is 0 Å². The van der Waals surface area contributed by atoms with Crippen molar-refractivity contribution in [2.24, 2.45) is 5.92 Å². The molecule has 160 valence electrons. The fourth-order valence-corrected chi connectivity index (χ4v) is 4.34. The van der Waals surface area contributed by atoms with Crippen molar-refractivity contribution in [1.82, 2.24) is 4.90 Å². The van der Waals surface area contributed by atoms with Crippen molar-refractivity contribution in [1.29, 1.82) is 0 Å². The molecule has 1 N–H and O–H groups in total. The van der Waals surface area contributed by atoms with Crippen molar-refractivity contribution in [3.05, 3.63) is 16.0 Å². The Kier molecular flexibility index (Phi) is 7.78. The zero-order valence-electron chi connectivity index (χ0n) is 17.5. The van der Waals surface area contributed by atoms with Gasteiger partial charge < -0.3 is 19.7 Å². The number of ether oxygens (including phenoxy) is 2. The minimum atomic E-state index is -0.966. The Balaban J connectivity index is 1.99. The van der Waals surface area contributed by atoms with Crippen molar-refractivity contribution >= 4 is 40.1 Å². The molecule has 1 aromatic rings. The van der Waals surface area contributed by atoms with Crippen LogP contribution in [-0.4, -0.2) is 54.5 Å². The number of carbonyl (C=O) groups is 4. The van der Waals surface area contributed by atoms with E-state index >= 15 is 0 Å². The second-order valence-corrected chi connectivity index (χ2v) is 8.29. The van der Waals surface area contributed by atoms with Crippen LogP contribution in [-0.2, 0) is 23.9 Å². The quantitative estimate of drug-likeness (QED) is 0.705. The first kappa shape index (κ1) is 22.9. The zero-order valence-corrected chi connectivity index (χ0v) is 18.3. The summed E-state index contributed by atoms with van der Waals surface area (Å²) < 4.78 is 10.5. The molecule has 29 heavy (non-hydrogen) atoms. The standard InChI is InChI=1S/C20H28N2O6S/c1-6-27-19(25)15-7-9-22(10-8-15)18(24)12(3)28-20(26)16-11(2)13(4)29-17(16)21-14(5)23/h12,15H,6-10H2,1-5H3,(H,21,23). The summed E-state index contributed by atoms with van der Waals surface area (Å²) in [6.07, 6.45) is 0.0908. The molecule has 1 unspecified atom stereocenters. The number of nitrogens with one attached hydrogen (secondary N) is 1. The topological polar surface area (TPSA) is 102 Å². The lowest BCUT2D eigenvalue weighted by molar-refractivity contribution is -0.152. The van der Waals surface area contributed by atoms with Crippen LogP contribution in [0.1, 0.15) is 54.4 Å². The Morgan fingerprint density at radius 2 is 1.83 bits per heavy atom. The minimum absolute atomic E-state index is 0.200. The number of hydrogen-bond acceptors (Lipinski definition) is 7. The fourth-order valence-electron chi connectivity index (χ4n) is 3.24. The van der Waals surface area contributed by atoms with Gasteiger partial charge in [-0.1, -0.05) is 0 Å². The lowest BCUT2D eigenvalue weighted by Crippen LogP contribution is -2.45. The van der Waals surface area contributed by atoms with Gasteiger partial charge in [0.2, 0.25) is 5.91 Å². The summed E-state index contributed by atoms with van der Waals surface area (Å²) in [4.78, 5) is 51.1. The van der Waals surface area contributed by atoms with Crippen LogP contribution >= 0.6 is 11.3 Å². The van der Waals surface area contributed by atoms with E-state index < -0.39 is 12.1 Å². The molecule has 2 amide bonds. The molecular formula is C20H28N2O6S. The molecule has 2 rings (SSSR count). The molecule has 0 saturated carbocycles. The summed E-state index contributed by atoms with van der Waals surface area (Å²) in [5, 5.41) is 3.07. The first-order valence-electron chi connectivity index (χ1n) is 9.69. The molecule has 1 atom stereocenters. The molecule has 1 aliphatic rings. The summed E-state index contributed by atoms with van der Waals surface area (Å²) in [5.74, 6) is -1.65. The van der Waals surface area contributed by atoms with E-state index in [2.05, 4.69) is 5.32 Å². The number of likely N-dealkylation sites (tertiary alicyclic amines) is 1. The van der Waals surface area contributed by atoms with Gasteiger partial charge >= 0.3 is 11.9 Å². The van der Waals surface area contributed by atoms with Crippen molar-refractivity contribution in [3.8, 4) is 0 Å².